The second kappa shape index (κ2) is 11.8. The summed E-state index contributed by atoms with van der Waals surface area (Å²) in [7, 11) is 0. The predicted molar refractivity (Wildman–Crippen MR) is 157 cm³/mol. The molecule has 0 spiro atoms. The van der Waals surface area contributed by atoms with E-state index >= 15 is 0 Å². The molecule has 40 heavy (non-hydrogen) atoms. The van der Waals surface area contributed by atoms with E-state index in [1.54, 1.807) is 47.8 Å². The molecule has 0 saturated carbocycles. The Labute approximate surface area is 239 Å². The van der Waals surface area contributed by atoms with Crippen molar-refractivity contribution in [1.29, 1.82) is 0 Å². The molecule has 5 aromatic carbocycles. The van der Waals surface area contributed by atoms with Gasteiger partial charge in [0.25, 0.3) is 0 Å². The third-order valence-electron chi connectivity index (χ3n) is 5.99. The second-order valence-corrected chi connectivity index (χ2v) is 11.1. The molecule has 0 radical (unpaired) electrons. The van der Waals surface area contributed by atoms with E-state index in [-0.39, 0.29) is 11.6 Å². The SMILES string of the molecule is Fc1ccc(Sc2ccc(-c3nc(-c4ccccc4)nc(-c4ccc(Sc5ccc(F)cc5)cc4)n3)cc2)cc1. The standard InChI is InChI=1S/C33H21F2N3S2/c34-25-10-18-29(19-11-25)39-27-14-6-23(7-15-27)32-36-31(22-4-2-1-3-5-22)37-33(38-32)24-8-16-28(17-9-24)40-30-20-12-26(35)13-21-30/h1-21H. The van der Waals surface area contributed by atoms with Gasteiger partial charge in [-0.15, -0.1) is 0 Å². The highest BCUT2D eigenvalue weighted by molar-refractivity contribution is 7.99. The molecule has 0 amide bonds. The Morgan fingerprint density at radius 3 is 1.00 bits per heavy atom. The van der Waals surface area contributed by atoms with Crippen molar-refractivity contribution >= 4 is 23.5 Å². The molecular formula is C33H21F2N3S2. The lowest BCUT2D eigenvalue weighted by Crippen LogP contribution is -2.00. The molecule has 0 aliphatic rings. The maximum Gasteiger partial charge on any atom is 0.164 e. The van der Waals surface area contributed by atoms with Gasteiger partial charge in [-0.05, 0) is 72.8 Å². The fraction of sp³-hybridized carbons (Fsp3) is 0. The van der Waals surface area contributed by atoms with Crippen molar-refractivity contribution < 1.29 is 8.78 Å². The second-order valence-electron chi connectivity index (χ2n) is 8.83. The maximum absolute atomic E-state index is 13.3. The summed E-state index contributed by atoms with van der Waals surface area (Å²) in [6, 6.07) is 38.7. The fourth-order valence-electron chi connectivity index (χ4n) is 3.97. The van der Waals surface area contributed by atoms with Crippen molar-refractivity contribution in [1.82, 2.24) is 15.0 Å². The van der Waals surface area contributed by atoms with Crippen LogP contribution in [0.25, 0.3) is 34.2 Å². The quantitative estimate of drug-likeness (QED) is 0.194. The van der Waals surface area contributed by atoms with E-state index < -0.39 is 0 Å². The van der Waals surface area contributed by atoms with E-state index in [4.69, 9.17) is 15.0 Å². The largest absolute Gasteiger partial charge is 0.208 e. The number of hydrogen-bond acceptors (Lipinski definition) is 5. The highest BCUT2D eigenvalue weighted by Crippen LogP contribution is 2.32. The van der Waals surface area contributed by atoms with Gasteiger partial charge < -0.3 is 0 Å². The van der Waals surface area contributed by atoms with Gasteiger partial charge in [0.1, 0.15) is 11.6 Å². The van der Waals surface area contributed by atoms with Gasteiger partial charge in [-0.1, -0.05) is 78.1 Å². The highest BCUT2D eigenvalue weighted by Gasteiger charge is 2.13. The molecule has 0 bridgehead atoms. The van der Waals surface area contributed by atoms with Crippen LogP contribution >= 0.6 is 23.5 Å². The number of rotatable bonds is 7. The Kier molecular flexibility index (Phi) is 7.66. The van der Waals surface area contributed by atoms with Crippen LogP contribution in [0.15, 0.2) is 147 Å². The summed E-state index contributed by atoms with van der Waals surface area (Å²) in [5, 5.41) is 0. The van der Waals surface area contributed by atoms with Gasteiger partial charge in [0.15, 0.2) is 17.5 Å². The monoisotopic (exact) mass is 561 g/mol. The van der Waals surface area contributed by atoms with Crippen molar-refractivity contribution in [2.24, 2.45) is 0 Å². The Morgan fingerprint density at radius 2 is 0.650 bits per heavy atom. The average molecular weight is 562 g/mol. The van der Waals surface area contributed by atoms with Crippen molar-refractivity contribution in [2.75, 3.05) is 0 Å². The molecule has 0 aliphatic heterocycles. The van der Waals surface area contributed by atoms with Crippen LogP contribution in [-0.4, -0.2) is 15.0 Å². The van der Waals surface area contributed by atoms with E-state index in [1.165, 1.54) is 24.3 Å². The molecule has 0 fully saturated rings. The lowest BCUT2D eigenvalue weighted by atomic mass is 10.1. The van der Waals surface area contributed by atoms with Gasteiger partial charge >= 0.3 is 0 Å². The predicted octanol–water partition coefficient (Wildman–Crippen LogP) is 9.45. The zero-order valence-electron chi connectivity index (χ0n) is 21.0. The minimum absolute atomic E-state index is 0.249. The van der Waals surface area contributed by atoms with Crippen molar-refractivity contribution in [2.45, 2.75) is 19.6 Å². The molecule has 6 rings (SSSR count). The van der Waals surface area contributed by atoms with E-state index in [2.05, 4.69) is 0 Å². The van der Waals surface area contributed by atoms with Crippen LogP contribution in [-0.2, 0) is 0 Å². The first-order valence-electron chi connectivity index (χ1n) is 12.5. The number of hydrogen-bond donors (Lipinski definition) is 0. The van der Waals surface area contributed by atoms with Crippen molar-refractivity contribution in [3.8, 4) is 34.2 Å². The molecule has 0 aliphatic carbocycles. The number of nitrogens with zero attached hydrogens (tertiary/aromatic N) is 3. The first-order chi connectivity index (χ1) is 19.6. The molecule has 7 heteroatoms. The van der Waals surface area contributed by atoms with Crippen molar-refractivity contribution in [3.63, 3.8) is 0 Å². The van der Waals surface area contributed by atoms with Gasteiger partial charge in [-0.3, -0.25) is 0 Å². The summed E-state index contributed by atoms with van der Waals surface area (Å²) in [4.78, 5) is 18.4. The zero-order valence-corrected chi connectivity index (χ0v) is 22.7. The number of benzene rings is 5. The Hall–Kier alpha value is -4.33. The molecule has 3 nitrogen and oxygen atoms in total. The fourth-order valence-corrected chi connectivity index (χ4v) is 5.60. The molecule has 0 atom stereocenters. The first-order valence-corrected chi connectivity index (χ1v) is 14.1. The van der Waals surface area contributed by atoms with E-state index in [0.29, 0.717) is 17.5 Å². The van der Waals surface area contributed by atoms with Gasteiger partial charge in [0, 0.05) is 36.3 Å². The third kappa shape index (κ3) is 6.28. The Morgan fingerprint density at radius 1 is 0.350 bits per heavy atom. The number of halogens is 2. The summed E-state index contributed by atoms with van der Waals surface area (Å²) in [6.45, 7) is 0. The van der Waals surface area contributed by atoms with Crippen LogP contribution in [0.1, 0.15) is 0 Å². The van der Waals surface area contributed by atoms with Crippen LogP contribution in [0.4, 0.5) is 8.78 Å². The van der Waals surface area contributed by atoms with Crippen LogP contribution in [0, 0.1) is 11.6 Å². The topological polar surface area (TPSA) is 38.7 Å². The maximum atomic E-state index is 13.3. The van der Waals surface area contributed by atoms with Gasteiger partial charge in [0.05, 0.1) is 0 Å². The average Bonchev–Trinajstić information content (AvgIpc) is 3.00. The van der Waals surface area contributed by atoms with Crippen molar-refractivity contribution in [3.05, 3.63) is 139 Å². The summed E-state index contributed by atoms with van der Waals surface area (Å²) < 4.78 is 26.5. The van der Waals surface area contributed by atoms with Crippen LogP contribution in [0.3, 0.4) is 0 Å². The molecule has 0 N–H and O–H groups in total. The van der Waals surface area contributed by atoms with Gasteiger partial charge in [-0.25, -0.2) is 23.7 Å². The van der Waals surface area contributed by atoms with Crippen LogP contribution in [0.2, 0.25) is 0 Å². The Bertz CT molecular complexity index is 1620. The lowest BCUT2D eigenvalue weighted by Gasteiger charge is -2.09. The van der Waals surface area contributed by atoms with Gasteiger partial charge in [-0.2, -0.15) is 0 Å². The summed E-state index contributed by atoms with van der Waals surface area (Å²) in [6.07, 6.45) is 0. The molecule has 1 heterocycles. The summed E-state index contributed by atoms with van der Waals surface area (Å²) >= 11 is 3.12. The normalized spacial score (nSPS) is 10.9. The molecule has 194 valence electrons. The summed E-state index contributed by atoms with van der Waals surface area (Å²) in [5.41, 5.74) is 2.64. The van der Waals surface area contributed by atoms with Crippen LogP contribution < -0.4 is 0 Å². The summed E-state index contributed by atoms with van der Waals surface area (Å²) in [5.74, 6) is 1.25. The Balaban J connectivity index is 1.30. The number of aromatic nitrogens is 3. The van der Waals surface area contributed by atoms with Crippen LogP contribution in [0.5, 0.6) is 0 Å². The van der Waals surface area contributed by atoms with E-state index in [9.17, 15) is 8.78 Å². The smallest absolute Gasteiger partial charge is 0.164 e. The highest BCUT2D eigenvalue weighted by atomic mass is 32.2. The minimum Gasteiger partial charge on any atom is -0.208 e. The third-order valence-corrected chi connectivity index (χ3v) is 8.02. The van der Waals surface area contributed by atoms with Gasteiger partial charge in [0.2, 0.25) is 0 Å². The minimum atomic E-state index is -0.249. The molecule has 1 aromatic heterocycles. The molecule has 0 saturated heterocycles. The molecule has 0 unspecified atom stereocenters. The lowest BCUT2D eigenvalue weighted by molar-refractivity contribution is 0.626. The van der Waals surface area contributed by atoms with E-state index in [1.807, 2.05) is 78.9 Å². The molecular weight excluding hydrogens is 541 g/mol. The van der Waals surface area contributed by atoms with E-state index in [0.717, 1.165) is 36.3 Å². The zero-order chi connectivity index (χ0) is 27.3. The molecule has 6 aromatic rings. The first kappa shape index (κ1) is 25.9.